The average Bonchev–Trinajstić information content (AvgIpc) is 2.81. The topological polar surface area (TPSA) is 76.0 Å². The van der Waals surface area contributed by atoms with Crippen molar-refractivity contribution in [2.75, 3.05) is 18.8 Å². The zero-order valence-electron chi connectivity index (χ0n) is 11.2. The van der Waals surface area contributed by atoms with E-state index in [4.69, 9.17) is 0 Å². The van der Waals surface area contributed by atoms with Gasteiger partial charge in [-0.1, -0.05) is 0 Å². The highest BCUT2D eigenvalue weighted by molar-refractivity contribution is 7.89. The van der Waals surface area contributed by atoms with Crippen LogP contribution in [-0.2, 0) is 16.6 Å². The molecule has 2 atom stereocenters. The maximum absolute atomic E-state index is 12.1. The SMILES string of the molecule is CC(Cn1cccn1)NS(=O)(=O)CC1CCCNC1. The molecule has 0 amide bonds. The summed E-state index contributed by atoms with van der Waals surface area (Å²) < 4.78 is 28.6. The number of nitrogens with one attached hydrogen (secondary N) is 2. The number of hydrogen-bond donors (Lipinski definition) is 2. The Morgan fingerprint density at radius 2 is 2.42 bits per heavy atom. The Balaban J connectivity index is 1.82. The molecule has 6 nitrogen and oxygen atoms in total. The lowest BCUT2D eigenvalue weighted by molar-refractivity contribution is 0.400. The Labute approximate surface area is 114 Å². The summed E-state index contributed by atoms with van der Waals surface area (Å²) in [4.78, 5) is 0. The first-order chi connectivity index (χ1) is 9.05. The van der Waals surface area contributed by atoms with E-state index in [9.17, 15) is 8.42 Å². The summed E-state index contributed by atoms with van der Waals surface area (Å²) in [6.07, 6.45) is 5.56. The summed E-state index contributed by atoms with van der Waals surface area (Å²) in [5.74, 6) is 0.437. The van der Waals surface area contributed by atoms with Crippen molar-refractivity contribution in [1.82, 2.24) is 19.8 Å². The lowest BCUT2D eigenvalue weighted by Crippen LogP contribution is -2.41. The zero-order chi connectivity index (χ0) is 13.7. The molecule has 1 aliphatic heterocycles. The van der Waals surface area contributed by atoms with Crippen LogP contribution in [0.5, 0.6) is 0 Å². The van der Waals surface area contributed by atoms with Gasteiger partial charge in [0.25, 0.3) is 0 Å². The molecule has 0 aromatic carbocycles. The van der Waals surface area contributed by atoms with Gasteiger partial charge in [0, 0.05) is 18.4 Å². The van der Waals surface area contributed by atoms with Gasteiger partial charge in [0.15, 0.2) is 0 Å². The molecule has 108 valence electrons. The summed E-state index contributed by atoms with van der Waals surface area (Å²) in [6, 6.07) is 1.68. The lowest BCUT2D eigenvalue weighted by atomic mass is 10.0. The largest absolute Gasteiger partial charge is 0.316 e. The Morgan fingerprint density at radius 1 is 1.58 bits per heavy atom. The fourth-order valence-electron chi connectivity index (χ4n) is 2.46. The Kier molecular flexibility index (Phi) is 4.95. The summed E-state index contributed by atoms with van der Waals surface area (Å²) in [5.41, 5.74) is 0. The van der Waals surface area contributed by atoms with Gasteiger partial charge in [-0.15, -0.1) is 0 Å². The second-order valence-electron chi connectivity index (χ2n) is 5.24. The average molecular weight is 286 g/mol. The van der Waals surface area contributed by atoms with Crippen LogP contribution in [-0.4, -0.2) is 43.1 Å². The second-order valence-corrected chi connectivity index (χ2v) is 7.04. The van der Waals surface area contributed by atoms with Gasteiger partial charge in [-0.3, -0.25) is 4.68 Å². The van der Waals surface area contributed by atoms with E-state index in [0.29, 0.717) is 6.54 Å². The van der Waals surface area contributed by atoms with Crippen molar-refractivity contribution in [2.24, 2.45) is 5.92 Å². The minimum absolute atomic E-state index is 0.151. The van der Waals surface area contributed by atoms with Gasteiger partial charge >= 0.3 is 0 Å². The van der Waals surface area contributed by atoms with Gasteiger partial charge in [-0.25, -0.2) is 13.1 Å². The number of piperidine rings is 1. The van der Waals surface area contributed by atoms with Crippen LogP contribution in [0.1, 0.15) is 19.8 Å². The molecule has 2 heterocycles. The van der Waals surface area contributed by atoms with Gasteiger partial charge in [-0.05, 0) is 44.8 Å². The van der Waals surface area contributed by atoms with Crippen molar-refractivity contribution >= 4 is 10.0 Å². The molecule has 19 heavy (non-hydrogen) atoms. The Bertz CT molecular complexity index is 466. The fourth-order valence-corrected chi connectivity index (χ4v) is 4.15. The predicted octanol–water partition coefficient (Wildman–Crippen LogP) is 0.191. The van der Waals surface area contributed by atoms with Crippen LogP contribution in [0.2, 0.25) is 0 Å². The molecule has 0 radical (unpaired) electrons. The molecule has 2 unspecified atom stereocenters. The van der Waals surface area contributed by atoms with E-state index >= 15 is 0 Å². The highest BCUT2D eigenvalue weighted by Gasteiger charge is 2.22. The third kappa shape index (κ3) is 4.93. The maximum atomic E-state index is 12.1. The van der Waals surface area contributed by atoms with E-state index < -0.39 is 10.0 Å². The van der Waals surface area contributed by atoms with Gasteiger partial charge in [-0.2, -0.15) is 5.10 Å². The number of nitrogens with zero attached hydrogens (tertiary/aromatic N) is 2. The summed E-state index contributed by atoms with van der Waals surface area (Å²) >= 11 is 0. The monoisotopic (exact) mass is 286 g/mol. The quantitative estimate of drug-likeness (QED) is 0.783. The number of sulfonamides is 1. The van der Waals surface area contributed by atoms with Crippen LogP contribution in [0.3, 0.4) is 0 Å². The van der Waals surface area contributed by atoms with Crippen LogP contribution < -0.4 is 10.0 Å². The minimum atomic E-state index is -3.21. The Morgan fingerprint density at radius 3 is 3.05 bits per heavy atom. The van der Waals surface area contributed by atoms with E-state index in [-0.39, 0.29) is 17.7 Å². The molecule has 0 saturated carbocycles. The third-order valence-electron chi connectivity index (χ3n) is 3.25. The summed E-state index contributed by atoms with van der Waals surface area (Å²) in [6.45, 7) is 4.21. The first-order valence-electron chi connectivity index (χ1n) is 6.73. The smallest absolute Gasteiger partial charge is 0.212 e. The van der Waals surface area contributed by atoms with Crippen molar-refractivity contribution < 1.29 is 8.42 Å². The van der Waals surface area contributed by atoms with Crippen molar-refractivity contribution in [3.05, 3.63) is 18.5 Å². The van der Waals surface area contributed by atoms with Crippen LogP contribution in [0.15, 0.2) is 18.5 Å². The molecule has 0 aliphatic carbocycles. The van der Waals surface area contributed by atoms with Gasteiger partial charge < -0.3 is 5.32 Å². The molecule has 7 heteroatoms. The van der Waals surface area contributed by atoms with E-state index in [1.165, 1.54) is 0 Å². The second kappa shape index (κ2) is 6.49. The van der Waals surface area contributed by atoms with E-state index in [0.717, 1.165) is 25.9 Å². The predicted molar refractivity (Wildman–Crippen MR) is 74.2 cm³/mol. The van der Waals surface area contributed by atoms with Crippen LogP contribution >= 0.6 is 0 Å². The molecule has 1 aromatic heterocycles. The van der Waals surface area contributed by atoms with Crippen LogP contribution in [0.25, 0.3) is 0 Å². The molecular formula is C12H22N4O2S. The Hall–Kier alpha value is -0.920. The molecule has 0 spiro atoms. The molecule has 1 aromatic rings. The summed E-state index contributed by atoms with van der Waals surface area (Å²) in [7, 11) is -3.21. The number of aromatic nitrogens is 2. The van der Waals surface area contributed by atoms with Crippen LogP contribution in [0, 0.1) is 5.92 Å². The molecule has 0 bridgehead atoms. The minimum Gasteiger partial charge on any atom is -0.316 e. The molecule has 1 fully saturated rings. The highest BCUT2D eigenvalue weighted by atomic mass is 32.2. The normalized spacial score (nSPS) is 22.3. The molecule has 2 rings (SSSR count). The number of rotatable bonds is 6. The molecule has 2 N–H and O–H groups in total. The van der Waals surface area contributed by atoms with Crippen molar-refractivity contribution in [3.8, 4) is 0 Å². The first kappa shape index (κ1) is 14.5. The molecular weight excluding hydrogens is 264 g/mol. The number of hydrogen-bond acceptors (Lipinski definition) is 4. The first-order valence-corrected chi connectivity index (χ1v) is 8.38. The van der Waals surface area contributed by atoms with Crippen LogP contribution in [0.4, 0.5) is 0 Å². The van der Waals surface area contributed by atoms with E-state index in [1.807, 2.05) is 19.2 Å². The van der Waals surface area contributed by atoms with Gasteiger partial charge in [0.2, 0.25) is 10.0 Å². The zero-order valence-corrected chi connectivity index (χ0v) is 12.1. The lowest BCUT2D eigenvalue weighted by Gasteiger charge is -2.23. The molecule has 1 saturated heterocycles. The molecule has 1 aliphatic rings. The van der Waals surface area contributed by atoms with E-state index in [1.54, 1.807) is 10.9 Å². The fraction of sp³-hybridized carbons (Fsp3) is 0.750. The standard InChI is InChI=1S/C12H22N4O2S/c1-11(9-16-7-3-6-14-16)15-19(17,18)10-12-4-2-5-13-8-12/h3,6-7,11-13,15H,2,4-5,8-10H2,1H3. The summed E-state index contributed by atoms with van der Waals surface area (Å²) in [5, 5.41) is 7.31. The highest BCUT2D eigenvalue weighted by Crippen LogP contribution is 2.12. The third-order valence-corrected chi connectivity index (χ3v) is 4.93. The van der Waals surface area contributed by atoms with Crippen molar-refractivity contribution in [1.29, 1.82) is 0 Å². The van der Waals surface area contributed by atoms with Crippen molar-refractivity contribution in [2.45, 2.75) is 32.4 Å². The maximum Gasteiger partial charge on any atom is 0.212 e. The van der Waals surface area contributed by atoms with E-state index in [2.05, 4.69) is 15.1 Å². The van der Waals surface area contributed by atoms with Gasteiger partial charge in [0.05, 0.1) is 12.3 Å². The van der Waals surface area contributed by atoms with Crippen molar-refractivity contribution in [3.63, 3.8) is 0 Å². The van der Waals surface area contributed by atoms with Gasteiger partial charge in [0.1, 0.15) is 0 Å².